The van der Waals surface area contributed by atoms with Crippen molar-refractivity contribution in [2.45, 2.75) is 13.0 Å². The largest absolute Gasteiger partial charge is 0.379 e. The Bertz CT molecular complexity index is 789. The zero-order chi connectivity index (χ0) is 19.1. The Hall–Kier alpha value is -2.57. The molecule has 2 aromatic rings. The zero-order valence-corrected chi connectivity index (χ0v) is 15.4. The van der Waals surface area contributed by atoms with Crippen LogP contribution in [0.2, 0.25) is 0 Å². The van der Waals surface area contributed by atoms with E-state index in [0.717, 1.165) is 18.7 Å². The third-order valence-electron chi connectivity index (χ3n) is 4.65. The minimum Gasteiger partial charge on any atom is -0.379 e. The molecule has 5 nitrogen and oxygen atoms in total. The first-order valence-corrected chi connectivity index (χ1v) is 9.08. The Morgan fingerprint density at radius 1 is 1.30 bits per heavy atom. The molecule has 1 N–H and O–H groups in total. The molecule has 1 aliphatic heterocycles. The lowest BCUT2D eigenvalue weighted by atomic mass is 10.1. The first kappa shape index (κ1) is 19.2. The molecule has 0 bridgehead atoms. The smallest absolute Gasteiger partial charge is 0.247 e. The van der Waals surface area contributed by atoms with Crippen LogP contribution in [0.15, 0.2) is 54.4 Å². The average molecular weight is 369 g/mol. The normalized spacial score (nSPS) is 16.7. The predicted octanol–water partition coefficient (Wildman–Crippen LogP) is 2.81. The van der Waals surface area contributed by atoms with Gasteiger partial charge < -0.3 is 10.1 Å². The molecule has 6 heteroatoms. The quantitative estimate of drug-likeness (QED) is 0.796. The number of benzene rings is 1. The highest BCUT2D eigenvalue weighted by molar-refractivity contribution is 5.97. The Balaban J connectivity index is 1.69. The maximum Gasteiger partial charge on any atom is 0.247 e. The number of hydrogen-bond acceptors (Lipinski definition) is 4. The molecule has 0 radical (unpaired) electrons. The fraction of sp³-hybridized carbons (Fsp3) is 0.333. The van der Waals surface area contributed by atoms with Crippen LogP contribution in [0.3, 0.4) is 0 Å². The number of carbonyl (C=O) groups is 1. The molecule has 1 saturated heterocycles. The maximum absolute atomic E-state index is 13.8. The zero-order valence-electron chi connectivity index (χ0n) is 15.4. The number of aromatic nitrogens is 1. The number of halogens is 1. The number of nitrogens with one attached hydrogen (secondary N) is 1. The van der Waals surface area contributed by atoms with E-state index in [0.29, 0.717) is 30.9 Å². The Morgan fingerprint density at radius 3 is 2.78 bits per heavy atom. The lowest BCUT2D eigenvalue weighted by Crippen LogP contribution is -2.44. The van der Waals surface area contributed by atoms with Crippen LogP contribution in [0, 0.1) is 5.82 Å². The topological polar surface area (TPSA) is 54.5 Å². The van der Waals surface area contributed by atoms with E-state index in [-0.39, 0.29) is 17.8 Å². The predicted molar refractivity (Wildman–Crippen MR) is 102 cm³/mol. The van der Waals surface area contributed by atoms with Gasteiger partial charge in [-0.25, -0.2) is 4.39 Å². The summed E-state index contributed by atoms with van der Waals surface area (Å²) in [5.41, 5.74) is 1.92. The van der Waals surface area contributed by atoms with E-state index in [2.05, 4.69) is 15.2 Å². The van der Waals surface area contributed by atoms with Crippen molar-refractivity contribution in [1.82, 2.24) is 15.2 Å². The van der Waals surface area contributed by atoms with Gasteiger partial charge >= 0.3 is 0 Å². The molecule has 0 aliphatic carbocycles. The highest BCUT2D eigenvalue weighted by Gasteiger charge is 2.23. The summed E-state index contributed by atoms with van der Waals surface area (Å²) < 4.78 is 19.2. The van der Waals surface area contributed by atoms with Crippen molar-refractivity contribution < 1.29 is 13.9 Å². The van der Waals surface area contributed by atoms with Crippen molar-refractivity contribution in [2.24, 2.45) is 0 Å². The summed E-state index contributed by atoms with van der Waals surface area (Å²) in [5, 5.41) is 2.98. The first-order chi connectivity index (χ1) is 13.1. The Labute approximate surface area is 158 Å². The summed E-state index contributed by atoms with van der Waals surface area (Å²) in [6, 6.07) is 10.3. The highest BCUT2D eigenvalue weighted by atomic mass is 19.1. The summed E-state index contributed by atoms with van der Waals surface area (Å²) in [4.78, 5) is 19.0. The third kappa shape index (κ3) is 5.21. The third-order valence-corrected chi connectivity index (χ3v) is 4.65. The molecule has 3 rings (SSSR count). The molecule has 1 atom stereocenters. The van der Waals surface area contributed by atoms with Gasteiger partial charge in [-0.3, -0.25) is 14.7 Å². The van der Waals surface area contributed by atoms with E-state index < -0.39 is 0 Å². The van der Waals surface area contributed by atoms with Crippen molar-refractivity contribution in [2.75, 3.05) is 32.8 Å². The number of ether oxygens (including phenoxy) is 1. The van der Waals surface area contributed by atoms with Gasteiger partial charge in [0.05, 0.1) is 19.3 Å². The summed E-state index contributed by atoms with van der Waals surface area (Å²) in [7, 11) is 0. The van der Waals surface area contributed by atoms with Crippen LogP contribution in [-0.2, 0) is 9.53 Å². The lowest BCUT2D eigenvalue weighted by molar-refractivity contribution is -0.117. The van der Waals surface area contributed by atoms with E-state index in [1.165, 1.54) is 6.07 Å². The maximum atomic E-state index is 13.8. The molecular formula is C21H24FN3O2. The van der Waals surface area contributed by atoms with Crippen LogP contribution in [0.25, 0.3) is 6.08 Å². The molecule has 142 valence electrons. The molecule has 0 saturated carbocycles. The van der Waals surface area contributed by atoms with Gasteiger partial charge in [-0.2, -0.15) is 0 Å². The van der Waals surface area contributed by atoms with Crippen LogP contribution >= 0.6 is 0 Å². The molecule has 1 aromatic heterocycles. The fourth-order valence-corrected chi connectivity index (χ4v) is 3.14. The molecule has 1 aliphatic rings. The second-order valence-electron chi connectivity index (χ2n) is 6.51. The number of nitrogens with zero attached hydrogens (tertiary/aromatic N) is 2. The number of carbonyl (C=O) groups excluding carboxylic acids is 1. The van der Waals surface area contributed by atoms with Crippen LogP contribution in [0.4, 0.5) is 4.39 Å². The minimum absolute atomic E-state index is 0.0211. The lowest BCUT2D eigenvalue weighted by Gasteiger charge is -2.34. The monoisotopic (exact) mass is 369 g/mol. The van der Waals surface area contributed by atoms with E-state index in [9.17, 15) is 9.18 Å². The van der Waals surface area contributed by atoms with E-state index >= 15 is 0 Å². The van der Waals surface area contributed by atoms with Gasteiger partial charge in [-0.1, -0.05) is 24.3 Å². The number of pyridine rings is 1. The highest BCUT2D eigenvalue weighted by Crippen LogP contribution is 2.20. The van der Waals surface area contributed by atoms with Crippen LogP contribution in [0.1, 0.15) is 24.1 Å². The van der Waals surface area contributed by atoms with E-state index in [4.69, 9.17) is 4.74 Å². The van der Waals surface area contributed by atoms with Gasteiger partial charge in [-0.05, 0) is 30.7 Å². The van der Waals surface area contributed by atoms with Crippen LogP contribution in [0.5, 0.6) is 0 Å². The summed E-state index contributed by atoms with van der Waals surface area (Å²) >= 11 is 0. The van der Waals surface area contributed by atoms with Gasteiger partial charge in [0.25, 0.3) is 0 Å². The first-order valence-electron chi connectivity index (χ1n) is 9.08. The van der Waals surface area contributed by atoms with Crippen molar-refractivity contribution >= 4 is 12.0 Å². The van der Waals surface area contributed by atoms with Gasteiger partial charge in [0.2, 0.25) is 5.91 Å². The number of morpholine rings is 1. The number of amides is 1. The van der Waals surface area contributed by atoms with Crippen molar-refractivity contribution in [3.8, 4) is 0 Å². The van der Waals surface area contributed by atoms with Gasteiger partial charge in [-0.15, -0.1) is 0 Å². The molecular weight excluding hydrogens is 345 g/mol. The molecule has 27 heavy (non-hydrogen) atoms. The van der Waals surface area contributed by atoms with E-state index in [1.807, 2.05) is 18.3 Å². The average Bonchev–Trinajstić information content (AvgIpc) is 2.71. The van der Waals surface area contributed by atoms with Crippen molar-refractivity contribution in [3.63, 3.8) is 0 Å². The van der Waals surface area contributed by atoms with E-state index in [1.54, 1.807) is 37.4 Å². The molecule has 1 aromatic carbocycles. The van der Waals surface area contributed by atoms with Gasteiger partial charge in [0, 0.05) is 43.2 Å². The number of hydrogen-bond donors (Lipinski definition) is 1. The number of rotatable bonds is 6. The second-order valence-corrected chi connectivity index (χ2v) is 6.51. The Kier molecular flexibility index (Phi) is 6.68. The van der Waals surface area contributed by atoms with Gasteiger partial charge in [0.15, 0.2) is 0 Å². The molecule has 1 fully saturated rings. The second kappa shape index (κ2) is 9.39. The van der Waals surface area contributed by atoms with Crippen molar-refractivity contribution in [1.29, 1.82) is 0 Å². The van der Waals surface area contributed by atoms with Crippen LogP contribution < -0.4 is 5.32 Å². The SMILES string of the molecule is C/C(=C\c1ccccc1F)C(=O)NCC(c1cccnc1)N1CCOCC1. The molecule has 0 spiro atoms. The van der Waals surface area contributed by atoms with Gasteiger partial charge in [0.1, 0.15) is 5.82 Å². The molecule has 1 amide bonds. The summed E-state index contributed by atoms with van der Waals surface area (Å²) in [6.45, 7) is 5.11. The van der Waals surface area contributed by atoms with Crippen molar-refractivity contribution in [3.05, 3.63) is 71.3 Å². The standard InChI is InChI=1S/C21H24FN3O2/c1-16(13-17-5-2-3-7-19(17)22)21(26)24-15-20(18-6-4-8-23-14-18)25-9-11-27-12-10-25/h2-8,13-14,20H,9-12,15H2,1H3,(H,24,26)/b16-13+. The van der Waals surface area contributed by atoms with Crippen LogP contribution in [-0.4, -0.2) is 48.6 Å². The Morgan fingerprint density at radius 2 is 2.07 bits per heavy atom. The minimum atomic E-state index is -0.341. The molecule has 1 unspecified atom stereocenters. The molecule has 2 heterocycles. The summed E-state index contributed by atoms with van der Waals surface area (Å²) in [5.74, 6) is -0.549. The fourth-order valence-electron chi connectivity index (χ4n) is 3.14. The summed E-state index contributed by atoms with van der Waals surface area (Å²) in [6.07, 6.45) is 5.13.